The van der Waals surface area contributed by atoms with Crippen molar-refractivity contribution in [1.82, 2.24) is 20.1 Å². The third kappa shape index (κ3) is 5.72. The van der Waals surface area contributed by atoms with E-state index in [9.17, 15) is 27.2 Å². The molecule has 168 valence electrons. The molecule has 0 radical (unpaired) electrons. The largest absolute Gasteiger partial charge is 0.447 e. The summed E-state index contributed by atoms with van der Waals surface area (Å²) in [6, 6.07) is 7.77. The standard InChI is InChI=1S/C19H14ClF4N5O3/c20-14-2-1-7-25-16(14)29-10-13(15(28-29)19(22,23)24)17(30)26-8-9-32-18(31)27-12-5-3-11(21)4-6-12/h1-7,10H,8-9H2,(H,26,30)(H,27,31). The Morgan fingerprint density at radius 1 is 1.16 bits per heavy atom. The van der Waals surface area contributed by atoms with Crippen molar-refractivity contribution in [2.75, 3.05) is 18.5 Å². The number of hydrogen-bond donors (Lipinski definition) is 2. The second-order valence-corrected chi connectivity index (χ2v) is 6.57. The summed E-state index contributed by atoms with van der Waals surface area (Å²) < 4.78 is 58.5. The number of rotatable bonds is 6. The molecule has 0 saturated carbocycles. The maximum Gasteiger partial charge on any atom is 0.435 e. The predicted molar refractivity (Wildman–Crippen MR) is 105 cm³/mol. The fourth-order valence-corrected chi connectivity index (χ4v) is 2.70. The first kappa shape index (κ1) is 23.0. The number of nitrogens with one attached hydrogen (secondary N) is 2. The van der Waals surface area contributed by atoms with Crippen LogP contribution in [0.15, 0.2) is 48.8 Å². The highest BCUT2D eigenvalue weighted by Gasteiger charge is 2.39. The molecule has 2 heterocycles. The summed E-state index contributed by atoms with van der Waals surface area (Å²) in [4.78, 5) is 27.8. The van der Waals surface area contributed by atoms with Gasteiger partial charge in [-0.15, -0.1) is 0 Å². The average Bonchev–Trinajstić information content (AvgIpc) is 3.19. The summed E-state index contributed by atoms with van der Waals surface area (Å²) in [5.74, 6) is -1.66. The van der Waals surface area contributed by atoms with E-state index in [2.05, 4.69) is 20.7 Å². The fourth-order valence-electron chi connectivity index (χ4n) is 2.49. The van der Waals surface area contributed by atoms with Crippen molar-refractivity contribution in [1.29, 1.82) is 0 Å². The number of carbonyl (C=O) groups is 2. The van der Waals surface area contributed by atoms with Crippen molar-refractivity contribution in [2.24, 2.45) is 0 Å². The number of hydrogen-bond acceptors (Lipinski definition) is 5. The zero-order chi connectivity index (χ0) is 23.3. The predicted octanol–water partition coefficient (Wildman–Crippen LogP) is 4.06. The zero-order valence-corrected chi connectivity index (χ0v) is 16.7. The Kier molecular flexibility index (Phi) is 6.93. The molecule has 0 saturated heterocycles. The lowest BCUT2D eigenvalue weighted by Crippen LogP contribution is -2.30. The lowest BCUT2D eigenvalue weighted by atomic mass is 10.2. The molecule has 1 aromatic carbocycles. The molecule has 3 rings (SSSR count). The van der Waals surface area contributed by atoms with Gasteiger partial charge in [-0.3, -0.25) is 10.1 Å². The quantitative estimate of drug-likeness (QED) is 0.417. The minimum Gasteiger partial charge on any atom is -0.447 e. The van der Waals surface area contributed by atoms with Crippen LogP contribution < -0.4 is 10.6 Å². The molecule has 0 unspecified atom stereocenters. The highest BCUT2D eigenvalue weighted by Crippen LogP contribution is 2.31. The van der Waals surface area contributed by atoms with E-state index in [1.807, 2.05) is 0 Å². The second-order valence-electron chi connectivity index (χ2n) is 6.17. The van der Waals surface area contributed by atoms with Crippen LogP contribution in [0.3, 0.4) is 0 Å². The van der Waals surface area contributed by atoms with Crippen LogP contribution in [0.4, 0.5) is 28.0 Å². The maximum atomic E-state index is 13.4. The van der Waals surface area contributed by atoms with Gasteiger partial charge < -0.3 is 10.1 Å². The number of amides is 2. The molecule has 32 heavy (non-hydrogen) atoms. The molecule has 2 amide bonds. The van der Waals surface area contributed by atoms with E-state index < -0.39 is 35.3 Å². The van der Waals surface area contributed by atoms with Crippen molar-refractivity contribution in [3.63, 3.8) is 0 Å². The van der Waals surface area contributed by atoms with E-state index in [0.717, 1.165) is 23.0 Å². The van der Waals surface area contributed by atoms with Crippen molar-refractivity contribution in [2.45, 2.75) is 6.18 Å². The van der Waals surface area contributed by atoms with E-state index in [1.54, 1.807) is 0 Å². The molecule has 0 fully saturated rings. The van der Waals surface area contributed by atoms with Gasteiger partial charge in [0.2, 0.25) is 0 Å². The van der Waals surface area contributed by atoms with Gasteiger partial charge in [0.15, 0.2) is 11.5 Å². The molecule has 0 atom stereocenters. The van der Waals surface area contributed by atoms with E-state index in [-0.39, 0.29) is 29.7 Å². The summed E-state index contributed by atoms with van der Waals surface area (Å²) in [6.07, 6.45) is -3.64. The highest BCUT2D eigenvalue weighted by atomic mass is 35.5. The minimum absolute atomic E-state index is 0.0382. The van der Waals surface area contributed by atoms with Gasteiger partial charge in [-0.05, 0) is 36.4 Å². The lowest BCUT2D eigenvalue weighted by molar-refractivity contribution is -0.141. The van der Waals surface area contributed by atoms with E-state index in [4.69, 9.17) is 16.3 Å². The summed E-state index contributed by atoms with van der Waals surface area (Å²) >= 11 is 5.93. The van der Waals surface area contributed by atoms with Gasteiger partial charge in [0.25, 0.3) is 5.91 Å². The number of pyridine rings is 1. The Morgan fingerprint density at radius 2 is 1.88 bits per heavy atom. The van der Waals surface area contributed by atoms with Gasteiger partial charge in [-0.2, -0.15) is 18.3 Å². The SMILES string of the molecule is O=C(Nc1ccc(F)cc1)OCCNC(=O)c1cn(-c2ncccc2Cl)nc1C(F)(F)F. The molecular weight excluding hydrogens is 458 g/mol. The number of halogens is 5. The number of alkyl halides is 3. The van der Waals surface area contributed by atoms with Gasteiger partial charge in [-0.25, -0.2) is 18.9 Å². The molecule has 8 nitrogen and oxygen atoms in total. The average molecular weight is 472 g/mol. The van der Waals surface area contributed by atoms with Gasteiger partial charge in [0, 0.05) is 18.1 Å². The number of aromatic nitrogens is 3. The third-order valence-electron chi connectivity index (χ3n) is 3.89. The molecule has 13 heteroatoms. The van der Waals surface area contributed by atoms with Crippen molar-refractivity contribution < 1.29 is 31.9 Å². The van der Waals surface area contributed by atoms with Crippen LogP contribution >= 0.6 is 11.6 Å². The van der Waals surface area contributed by atoms with Crippen molar-refractivity contribution >= 4 is 29.3 Å². The van der Waals surface area contributed by atoms with Gasteiger partial charge in [0.05, 0.1) is 17.1 Å². The summed E-state index contributed by atoms with van der Waals surface area (Å²) in [7, 11) is 0. The van der Waals surface area contributed by atoms with Crippen LogP contribution in [0, 0.1) is 5.82 Å². The zero-order valence-electron chi connectivity index (χ0n) is 16.0. The molecule has 0 spiro atoms. The van der Waals surface area contributed by atoms with Crippen LogP contribution in [0.2, 0.25) is 5.02 Å². The van der Waals surface area contributed by atoms with Crippen LogP contribution in [0.5, 0.6) is 0 Å². The van der Waals surface area contributed by atoms with Crippen LogP contribution in [0.25, 0.3) is 5.82 Å². The number of ether oxygens (including phenoxy) is 1. The summed E-state index contributed by atoms with van der Waals surface area (Å²) in [6.45, 7) is -0.608. The van der Waals surface area contributed by atoms with Crippen LogP contribution in [0.1, 0.15) is 16.1 Å². The smallest absolute Gasteiger partial charge is 0.435 e. The molecule has 0 aliphatic carbocycles. The number of nitrogens with zero attached hydrogens (tertiary/aromatic N) is 3. The summed E-state index contributed by atoms with van der Waals surface area (Å²) in [5.41, 5.74) is -1.91. The van der Waals surface area contributed by atoms with Gasteiger partial charge >= 0.3 is 12.3 Å². The maximum absolute atomic E-state index is 13.4. The molecular formula is C19H14ClF4N5O3. The Labute approximate surface area is 183 Å². The molecule has 3 aromatic rings. The van der Waals surface area contributed by atoms with Crippen LogP contribution in [-0.4, -0.2) is 39.9 Å². The molecule has 0 aliphatic rings. The fraction of sp³-hybridized carbons (Fsp3) is 0.158. The first-order chi connectivity index (χ1) is 15.1. The monoisotopic (exact) mass is 471 g/mol. The van der Waals surface area contributed by atoms with Gasteiger partial charge in [-0.1, -0.05) is 11.6 Å². The Morgan fingerprint density at radius 3 is 2.53 bits per heavy atom. The number of anilines is 1. The molecule has 2 aromatic heterocycles. The van der Waals surface area contributed by atoms with Gasteiger partial charge in [0.1, 0.15) is 12.4 Å². The minimum atomic E-state index is -4.91. The van der Waals surface area contributed by atoms with Crippen molar-refractivity contribution in [3.8, 4) is 5.82 Å². The second kappa shape index (κ2) is 9.64. The Hall–Kier alpha value is -3.67. The van der Waals surface area contributed by atoms with E-state index >= 15 is 0 Å². The topological polar surface area (TPSA) is 98.1 Å². The Bertz CT molecular complexity index is 1120. The first-order valence-electron chi connectivity index (χ1n) is 8.90. The molecule has 0 bridgehead atoms. The molecule has 2 N–H and O–H groups in total. The first-order valence-corrected chi connectivity index (χ1v) is 9.28. The normalized spacial score (nSPS) is 11.2. The van der Waals surface area contributed by atoms with E-state index in [0.29, 0.717) is 0 Å². The summed E-state index contributed by atoms with van der Waals surface area (Å²) in [5, 5.41) is 7.98. The number of carbonyl (C=O) groups excluding carboxylic acids is 2. The van der Waals surface area contributed by atoms with Crippen LogP contribution in [-0.2, 0) is 10.9 Å². The third-order valence-corrected chi connectivity index (χ3v) is 4.19. The highest BCUT2D eigenvalue weighted by molar-refractivity contribution is 6.32. The lowest BCUT2D eigenvalue weighted by Gasteiger charge is -2.09. The Balaban J connectivity index is 1.61. The van der Waals surface area contributed by atoms with Crippen molar-refractivity contribution in [3.05, 3.63) is 70.9 Å². The van der Waals surface area contributed by atoms with E-state index in [1.165, 1.54) is 30.5 Å². The number of benzene rings is 1. The molecule has 0 aliphatic heterocycles.